The first-order chi connectivity index (χ1) is 13.8. The van der Waals surface area contributed by atoms with Gasteiger partial charge in [-0.1, -0.05) is 30.4 Å². The molecule has 9 heteroatoms. The van der Waals surface area contributed by atoms with Crippen LogP contribution in [0.1, 0.15) is 72.0 Å². The number of hydrogen-bond donors (Lipinski definition) is 0. The lowest BCUT2D eigenvalue weighted by Crippen LogP contribution is -2.38. The van der Waals surface area contributed by atoms with Crippen LogP contribution < -0.4 is 0 Å². The van der Waals surface area contributed by atoms with E-state index in [1.807, 2.05) is 11.8 Å². The summed E-state index contributed by atoms with van der Waals surface area (Å²) in [5, 5.41) is 11.4. The lowest BCUT2D eigenvalue weighted by molar-refractivity contribution is 0.0712. The van der Waals surface area contributed by atoms with Crippen LogP contribution in [0.4, 0.5) is 0 Å². The Morgan fingerprint density at radius 1 is 1.21 bits per heavy atom. The van der Waals surface area contributed by atoms with Gasteiger partial charge in [-0.15, -0.1) is 16.4 Å². The maximum Gasteiger partial charge on any atom is 0.259 e. The van der Waals surface area contributed by atoms with E-state index in [-0.39, 0.29) is 11.3 Å². The van der Waals surface area contributed by atoms with E-state index in [4.69, 9.17) is 9.51 Å². The molecule has 1 aliphatic heterocycles. The molecular formula is C20H25N5O2S2. The van der Waals surface area contributed by atoms with Crippen molar-refractivity contribution in [1.29, 1.82) is 0 Å². The molecule has 1 amide bonds. The van der Waals surface area contributed by atoms with Gasteiger partial charge in [-0.25, -0.2) is 4.98 Å². The van der Waals surface area contributed by atoms with Crippen molar-refractivity contribution in [2.24, 2.45) is 0 Å². The van der Waals surface area contributed by atoms with Crippen molar-refractivity contribution in [1.82, 2.24) is 24.6 Å². The van der Waals surface area contributed by atoms with E-state index in [9.17, 15) is 4.79 Å². The molecule has 3 aromatic rings. The molecular weight excluding hydrogens is 406 g/mol. The SMILES string of the molecule is Cc1nnsc1-c1onc(C)c1C(=O)N1CCC(c2nc(C(C)(C)C)cs2)CC1. The number of likely N-dealkylation sites (tertiary alicyclic amines) is 1. The van der Waals surface area contributed by atoms with E-state index < -0.39 is 0 Å². The molecule has 0 saturated carbocycles. The van der Waals surface area contributed by atoms with E-state index >= 15 is 0 Å². The van der Waals surface area contributed by atoms with Crippen molar-refractivity contribution >= 4 is 28.8 Å². The Bertz CT molecular complexity index is 1020. The summed E-state index contributed by atoms with van der Waals surface area (Å²) in [5.74, 6) is 0.868. The first-order valence-corrected chi connectivity index (χ1v) is 11.4. The first kappa shape index (κ1) is 20.2. The maximum atomic E-state index is 13.3. The number of carbonyl (C=O) groups is 1. The van der Waals surface area contributed by atoms with Crippen molar-refractivity contribution in [2.75, 3.05) is 13.1 Å². The zero-order valence-corrected chi connectivity index (χ0v) is 19.0. The molecule has 4 rings (SSSR count). The summed E-state index contributed by atoms with van der Waals surface area (Å²) < 4.78 is 9.44. The summed E-state index contributed by atoms with van der Waals surface area (Å²) in [6, 6.07) is 0. The summed E-state index contributed by atoms with van der Waals surface area (Å²) in [5.41, 5.74) is 3.10. The Labute approximate surface area is 178 Å². The van der Waals surface area contributed by atoms with Crippen LogP contribution >= 0.6 is 22.9 Å². The Kier molecular flexibility index (Phi) is 5.29. The lowest BCUT2D eigenvalue weighted by Gasteiger charge is -2.31. The normalized spacial score (nSPS) is 15.8. The van der Waals surface area contributed by atoms with Crippen LogP contribution in [0.5, 0.6) is 0 Å². The molecule has 0 radical (unpaired) electrons. The van der Waals surface area contributed by atoms with Crippen molar-refractivity contribution in [2.45, 2.75) is 58.8 Å². The minimum Gasteiger partial charge on any atom is -0.354 e. The van der Waals surface area contributed by atoms with Crippen molar-refractivity contribution in [3.63, 3.8) is 0 Å². The Morgan fingerprint density at radius 3 is 2.52 bits per heavy atom. The quantitative estimate of drug-likeness (QED) is 0.603. The van der Waals surface area contributed by atoms with Gasteiger partial charge in [-0.3, -0.25) is 4.79 Å². The second kappa shape index (κ2) is 7.60. The van der Waals surface area contributed by atoms with E-state index in [0.717, 1.165) is 29.1 Å². The molecule has 154 valence electrons. The van der Waals surface area contributed by atoms with Gasteiger partial charge in [0.2, 0.25) is 0 Å². The summed E-state index contributed by atoms with van der Waals surface area (Å²) in [6.07, 6.45) is 1.84. The molecule has 0 atom stereocenters. The van der Waals surface area contributed by atoms with Gasteiger partial charge in [-0.05, 0) is 38.2 Å². The highest BCUT2D eigenvalue weighted by Crippen LogP contribution is 2.35. The van der Waals surface area contributed by atoms with E-state index in [1.165, 1.54) is 16.5 Å². The monoisotopic (exact) mass is 431 g/mol. The predicted octanol–water partition coefficient (Wildman–Crippen LogP) is 4.58. The molecule has 0 N–H and O–H groups in total. The number of amides is 1. The predicted molar refractivity (Wildman–Crippen MR) is 114 cm³/mol. The number of nitrogens with zero attached hydrogens (tertiary/aromatic N) is 5. The number of piperidine rings is 1. The fourth-order valence-corrected chi connectivity index (χ4v) is 5.38. The third kappa shape index (κ3) is 3.85. The van der Waals surface area contributed by atoms with Crippen LogP contribution in [0.25, 0.3) is 10.6 Å². The number of aryl methyl sites for hydroxylation is 2. The lowest BCUT2D eigenvalue weighted by atomic mass is 9.93. The molecule has 0 aliphatic carbocycles. The molecule has 1 saturated heterocycles. The summed E-state index contributed by atoms with van der Waals surface area (Å²) in [7, 11) is 0. The van der Waals surface area contributed by atoms with Crippen molar-refractivity contribution < 1.29 is 9.32 Å². The molecule has 0 bridgehead atoms. The highest BCUT2D eigenvalue weighted by atomic mass is 32.1. The number of hydrogen-bond acceptors (Lipinski definition) is 8. The standard InChI is InChI=1S/C20H25N5O2S2/c1-11-15(16(27-23-11)17-12(2)22-24-29-17)19(26)25-8-6-13(7-9-25)18-21-14(10-28-18)20(3,4)5/h10,13H,6-9H2,1-5H3. The van der Waals surface area contributed by atoms with Crippen LogP contribution in [0.3, 0.4) is 0 Å². The Morgan fingerprint density at radius 2 is 1.93 bits per heavy atom. The zero-order chi connectivity index (χ0) is 20.8. The molecule has 0 aromatic carbocycles. The third-order valence-electron chi connectivity index (χ3n) is 5.36. The third-order valence-corrected chi connectivity index (χ3v) is 7.19. The molecule has 7 nitrogen and oxygen atoms in total. The van der Waals surface area contributed by atoms with Gasteiger partial charge in [0.1, 0.15) is 10.4 Å². The maximum absolute atomic E-state index is 13.3. The average Bonchev–Trinajstić information content (AvgIpc) is 3.40. The molecule has 4 heterocycles. The summed E-state index contributed by atoms with van der Waals surface area (Å²) in [6.45, 7) is 11.6. The molecule has 0 unspecified atom stereocenters. The highest BCUT2D eigenvalue weighted by Gasteiger charge is 2.32. The second-order valence-electron chi connectivity index (χ2n) is 8.55. The molecule has 29 heavy (non-hydrogen) atoms. The number of rotatable bonds is 3. The van der Waals surface area contributed by atoms with Gasteiger partial charge in [0.25, 0.3) is 5.91 Å². The fraction of sp³-hybridized carbons (Fsp3) is 0.550. The first-order valence-electron chi connectivity index (χ1n) is 9.76. The van der Waals surface area contributed by atoms with Gasteiger partial charge >= 0.3 is 0 Å². The van der Waals surface area contributed by atoms with Crippen LogP contribution in [0, 0.1) is 13.8 Å². The van der Waals surface area contributed by atoms with Crippen molar-refractivity contribution in [3.05, 3.63) is 33.0 Å². The average molecular weight is 432 g/mol. The minimum absolute atomic E-state index is 0.0282. The van der Waals surface area contributed by atoms with Crippen LogP contribution in [-0.2, 0) is 5.41 Å². The van der Waals surface area contributed by atoms with Gasteiger partial charge < -0.3 is 9.42 Å². The topological polar surface area (TPSA) is 85.0 Å². The number of aromatic nitrogens is 4. The fourth-order valence-electron chi connectivity index (χ4n) is 3.52. The number of carbonyl (C=O) groups excluding carboxylic acids is 1. The van der Waals surface area contributed by atoms with Gasteiger partial charge in [0.05, 0.1) is 22.1 Å². The van der Waals surface area contributed by atoms with Crippen LogP contribution in [0.15, 0.2) is 9.90 Å². The van der Waals surface area contributed by atoms with Crippen molar-refractivity contribution in [3.8, 4) is 10.6 Å². The second-order valence-corrected chi connectivity index (χ2v) is 10.2. The van der Waals surface area contributed by atoms with Crippen LogP contribution in [0.2, 0.25) is 0 Å². The van der Waals surface area contributed by atoms with Gasteiger partial charge in [0.15, 0.2) is 5.76 Å². The summed E-state index contributed by atoms with van der Waals surface area (Å²) in [4.78, 5) is 20.8. The van der Waals surface area contributed by atoms with E-state index in [2.05, 4.69) is 40.9 Å². The highest BCUT2D eigenvalue weighted by molar-refractivity contribution is 7.09. The van der Waals surface area contributed by atoms with Crippen LogP contribution in [-0.4, -0.2) is 43.6 Å². The number of thiazole rings is 1. The van der Waals surface area contributed by atoms with Gasteiger partial charge in [-0.2, -0.15) is 0 Å². The minimum atomic E-state index is -0.0282. The van der Waals surface area contributed by atoms with Gasteiger partial charge in [0, 0.05) is 29.8 Å². The Hall–Kier alpha value is -2.13. The zero-order valence-electron chi connectivity index (χ0n) is 17.4. The summed E-state index contributed by atoms with van der Waals surface area (Å²) >= 11 is 2.97. The molecule has 0 spiro atoms. The smallest absolute Gasteiger partial charge is 0.259 e. The van der Waals surface area contributed by atoms with E-state index in [1.54, 1.807) is 18.3 Å². The largest absolute Gasteiger partial charge is 0.354 e. The van der Waals surface area contributed by atoms with E-state index in [0.29, 0.717) is 36.0 Å². The molecule has 1 aliphatic rings. The molecule has 1 fully saturated rings. The molecule has 3 aromatic heterocycles. The Balaban J connectivity index is 1.49.